The summed E-state index contributed by atoms with van der Waals surface area (Å²) >= 11 is 0. The molecule has 0 radical (unpaired) electrons. The van der Waals surface area contributed by atoms with E-state index >= 15 is 0 Å². The first-order valence-corrected chi connectivity index (χ1v) is 7.22. The average Bonchev–Trinajstić information content (AvgIpc) is 2.61. The van der Waals surface area contributed by atoms with Crippen LogP contribution in [0.3, 0.4) is 0 Å². The molecular weight excluding hydrogens is 294 g/mol. The number of aromatic nitrogens is 2. The van der Waals surface area contributed by atoms with Crippen molar-refractivity contribution in [2.24, 2.45) is 5.10 Å². The molecule has 2 amide bonds. The van der Waals surface area contributed by atoms with Gasteiger partial charge in [0.1, 0.15) is 5.71 Å². The molecule has 0 bridgehead atoms. The smallest absolute Gasteiger partial charge is 0.267 e. The summed E-state index contributed by atoms with van der Waals surface area (Å²) in [6.07, 6.45) is 4.06. The van der Waals surface area contributed by atoms with Crippen molar-refractivity contribution < 1.29 is 9.59 Å². The third-order valence-corrected chi connectivity index (χ3v) is 3.37. The van der Waals surface area contributed by atoms with Crippen molar-refractivity contribution in [1.29, 1.82) is 0 Å². The molecule has 0 fully saturated rings. The molecule has 2 N–H and O–H groups in total. The standard InChI is InChI=1S/C16H15N5O2/c22-15-7-6-14(20-21-15)16(23)19-10-11-4-5-13(18-9-11)12-3-1-2-8-17-12/h1-5,8-9H,6-7,10H2,(H,19,23)(H,21,22). The van der Waals surface area contributed by atoms with Crippen molar-refractivity contribution in [1.82, 2.24) is 20.7 Å². The lowest BCUT2D eigenvalue weighted by atomic mass is 10.1. The fourth-order valence-electron chi connectivity index (χ4n) is 2.12. The minimum absolute atomic E-state index is 0.170. The Balaban J connectivity index is 1.59. The van der Waals surface area contributed by atoms with Gasteiger partial charge in [-0.3, -0.25) is 19.6 Å². The summed E-state index contributed by atoms with van der Waals surface area (Å²) in [5, 5.41) is 6.52. The SMILES string of the molecule is O=C1CCC(C(=O)NCc2ccc(-c3ccccn3)nc2)=NN1. The molecule has 0 saturated carbocycles. The number of rotatable bonds is 4. The Morgan fingerprint density at radius 3 is 2.65 bits per heavy atom. The highest BCUT2D eigenvalue weighted by atomic mass is 16.2. The van der Waals surface area contributed by atoms with Gasteiger partial charge in [0.15, 0.2) is 0 Å². The number of nitrogens with zero attached hydrogens (tertiary/aromatic N) is 3. The van der Waals surface area contributed by atoms with E-state index in [1.165, 1.54) is 0 Å². The van der Waals surface area contributed by atoms with E-state index < -0.39 is 0 Å². The zero-order valence-electron chi connectivity index (χ0n) is 12.3. The van der Waals surface area contributed by atoms with Crippen LogP contribution >= 0.6 is 0 Å². The van der Waals surface area contributed by atoms with Crippen molar-refractivity contribution in [2.75, 3.05) is 0 Å². The molecule has 7 nitrogen and oxygen atoms in total. The Labute approximate surface area is 132 Å². The van der Waals surface area contributed by atoms with Crippen LogP contribution < -0.4 is 10.7 Å². The maximum absolute atomic E-state index is 11.9. The molecule has 1 aliphatic heterocycles. The highest BCUT2D eigenvalue weighted by Gasteiger charge is 2.17. The van der Waals surface area contributed by atoms with E-state index in [1.807, 2.05) is 30.3 Å². The number of hydrogen-bond donors (Lipinski definition) is 2. The molecule has 23 heavy (non-hydrogen) atoms. The minimum atomic E-state index is -0.279. The predicted octanol–water partition coefficient (Wildman–Crippen LogP) is 1.03. The highest BCUT2D eigenvalue weighted by molar-refractivity contribution is 6.39. The summed E-state index contributed by atoms with van der Waals surface area (Å²) in [5.41, 5.74) is 5.09. The Bertz CT molecular complexity index is 741. The number of hydrogen-bond acceptors (Lipinski definition) is 5. The van der Waals surface area contributed by atoms with Crippen LogP contribution in [0, 0.1) is 0 Å². The van der Waals surface area contributed by atoms with Gasteiger partial charge in [-0.15, -0.1) is 0 Å². The second kappa shape index (κ2) is 6.78. The van der Waals surface area contributed by atoms with E-state index in [-0.39, 0.29) is 18.2 Å². The van der Waals surface area contributed by atoms with E-state index in [1.54, 1.807) is 12.4 Å². The molecule has 0 saturated heterocycles. The van der Waals surface area contributed by atoms with E-state index in [2.05, 4.69) is 25.8 Å². The molecule has 7 heteroatoms. The molecule has 2 aromatic heterocycles. The topological polar surface area (TPSA) is 96.3 Å². The van der Waals surface area contributed by atoms with Gasteiger partial charge in [-0.25, -0.2) is 5.43 Å². The molecular formula is C16H15N5O2. The second-order valence-corrected chi connectivity index (χ2v) is 5.04. The van der Waals surface area contributed by atoms with Crippen molar-refractivity contribution in [2.45, 2.75) is 19.4 Å². The van der Waals surface area contributed by atoms with Gasteiger partial charge in [0.05, 0.1) is 11.4 Å². The number of carbonyl (C=O) groups excluding carboxylic acids is 2. The number of nitrogens with one attached hydrogen (secondary N) is 2. The molecule has 116 valence electrons. The molecule has 0 aliphatic carbocycles. The maximum Gasteiger partial charge on any atom is 0.267 e. The Morgan fingerprint density at radius 2 is 2.00 bits per heavy atom. The Morgan fingerprint density at radius 1 is 1.13 bits per heavy atom. The lowest BCUT2D eigenvalue weighted by molar-refractivity contribution is -0.121. The van der Waals surface area contributed by atoms with E-state index in [0.29, 0.717) is 18.7 Å². The first kappa shape index (κ1) is 14.8. The van der Waals surface area contributed by atoms with Gasteiger partial charge in [0, 0.05) is 31.8 Å². The van der Waals surface area contributed by atoms with Crippen LogP contribution in [-0.4, -0.2) is 27.5 Å². The van der Waals surface area contributed by atoms with Crippen LogP contribution in [0.4, 0.5) is 0 Å². The first-order valence-electron chi connectivity index (χ1n) is 7.22. The fourth-order valence-corrected chi connectivity index (χ4v) is 2.12. The van der Waals surface area contributed by atoms with Crippen molar-refractivity contribution in [3.63, 3.8) is 0 Å². The van der Waals surface area contributed by atoms with E-state index in [9.17, 15) is 9.59 Å². The van der Waals surface area contributed by atoms with Gasteiger partial charge < -0.3 is 5.32 Å². The zero-order valence-corrected chi connectivity index (χ0v) is 12.3. The summed E-state index contributed by atoms with van der Waals surface area (Å²) in [4.78, 5) is 31.5. The number of pyridine rings is 2. The van der Waals surface area contributed by atoms with Gasteiger partial charge in [-0.05, 0) is 23.8 Å². The normalized spacial score (nSPS) is 13.9. The van der Waals surface area contributed by atoms with Crippen LogP contribution in [0.5, 0.6) is 0 Å². The lowest BCUT2D eigenvalue weighted by Crippen LogP contribution is -2.36. The monoisotopic (exact) mass is 309 g/mol. The van der Waals surface area contributed by atoms with Crippen LogP contribution in [0.15, 0.2) is 47.8 Å². The molecule has 0 spiro atoms. The van der Waals surface area contributed by atoms with Gasteiger partial charge in [0.25, 0.3) is 5.91 Å². The fraction of sp³-hybridized carbons (Fsp3) is 0.188. The van der Waals surface area contributed by atoms with Crippen LogP contribution in [0.2, 0.25) is 0 Å². The second-order valence-electron chi connectivity index (χ2n) is 5.04. The zero-order chi connectivity index (χ0) is 16.1. The quantitative estimate of drug-likeness (QED) is 0.881. The highest BCUT2D eigenvalue weighted by Crippen LogP contribution is 2.13. The molecule has 0 unspecified atom stereocenters. The number of hydrazone groups is 1. The van der Waals surface area contributed by atoms with Gasteiger partial charge in [-0.1, -0.05) is 12.1 Å². The largest absolute Gasteiger partial charge is 0.347 e. The average molecular weight is 309 g/mol. The molecule has 3 rings (SSSR count). The van der Waals surface area contributed by atoms with Gasteiger partial charge in [-0.2, -0.15) is 5.10 Å². The first-order chi connectivity index (χ1) is 11.2. The van der Waals surface area contributed by atoms with Gasteiger partial charge >= 0.3 is 0 Å². The summed E-state index contributed by atoms with van der Waals surface area (Å²) in [7, 11) is 0. The van der Waals surface area contributed by atoms with Crippen LogP contribution in [0.25, 0.3) is 11.4 Å². The Hall–Kier alpha value is -3.09. The Kier molecular flexibility index (Phi) is 4.37. The summed E-state index contributed by atoms with van der Waals surface area (Å²) in [5.74, 6) is -0.449. The van der Waals surface area contributed by atoms with E-state index in [4.69, 9.17) is 0 Å². The van der Waals surface area contributed by atoms with Gasteiger partial charge in [0.2, 0.25) is 5.91 Å². The lowest BCUT2D eigenvalue weighted by Gasteiger charge is -2.12. The molecule has 1 aliphatic rings. The van der Waals surface area contributed by atoms with Crippen LogP contribution in [0.1, 0.15) is 18.4 Å². The summed E-state index contributed by atoms with van der Waals surface area (Å²) in [6.45, 7) is 0.349. The predicted molar refractivity (Wildman–Crippen MR) is 84.1 cm³/mol. The van der Waals surface area contributed by atoms with Crippen molar-refractivity contribution in [3.8, 4) is 11.4 Å². The molecule has 0 aromatic carbocycles. The molecule has 2 aromatic rings. The number of carbonyl (C=O) groups is 2. The molecule has 0 atom stereocenters. The van der Waals surface area contributed by atoms with E-state index in [0.717, 1.165) is 17.0 Å². The summed E-state index contributed by atoms with van der Waals surface area (Å²) in [6, 6.07) is 9.40. The van der Waals surface area contributed by atoms with Crippen molar-refractivity contribution >= 4 is 17.5 Å². The summed E-state index contributed by atoms with van der Waals surface area (Å²) < 4.78 is 0. The third kappa shape index (κ3) is 3.76. The number of amides is 2. The van der Waals surface area contributed by atoms with Crippen molar-refractivity contribution in [3.05, 3.63) is 48.3 Å². The maximum atomic E-state index is 11.9. The molecule has 3 heterocycles. The third-order valence-electron chi connectivity index (χ3n) is 3.37. The minimum Gasteiger partial charge on any atom is -0.347 e. The van der Waals surface area contributed by atoms with Crippen LogP contribution in [-0.2, 0) is 16.1 Å².